The number of halogens is 3. The Morgan fingerprint density at radius 3 is 2.56 bits per heavy atom. The highest BCUT2D eigenvalue weighted by Crippen LogP contribution is 2.18. The summed E-state index contributed by atoms with van der Waals surface area (Å²) in [7, 11) is 1.30. The minimum absolute atomic E-state index is 0.00882. The van der Waals surface area contributed by atoms with Gasteiger partial charge in [-0.15, -0.1) is 0 Å². The predicted molar refractivity (Wildman–Crippen MR) is 86.5 cm³/mol. The molecule has 0 saturated heterocycles. The second kappa shape index (κ2) is 8.43. The van der Waals surface area contributed by atoms with Crippen LogP contribution in [-0.2, 0) is 16.1 Å². The second-order valence-corrected chi connectivity index (χ2v) is 5.35. The molecule has 0 aliphatic rings. The summed E-state index contributed by atoms with van der Waals surface area (Å²) in [6, 6.07) is 7.33. The first-order valence-corrected chi connectivity index (χ1v) is 7.50. The molecule has 5 nitrogen and oxygen atoms in total. The lowest BCUT2D eigenvalue weighted by atomic mass is 10.2. The monoisotopic (exact) mass is 369 g/mol. The molecule has 1 N–H and O–H groups in total. The van der Waals surface area contributed by atoms with Gasteiger partial charge in [-0.1, -0.05) is 17.7 Å². The third-order valence-electron chi connectivity index (χ3n) is 3.21. The van der Waals surface area contributed by atoms with E-state index in [1.165, 1.54) is 31.4 Å². The quantitative estimate of drug-likeness (QED) is 0.795. The van der Waals surface area contributed by atoms with Crippen LogP contribution >= 0.6 is 11.6 Å². The Kier molecular flexibility index (Phi) is 6.30. The molecule has 2 rings (SSSR count). The van der Waals surface area contributed by atoms with Crippen molar-refractivity contribution in [3.05, 3.63) is 64.2 Å². The molecule has 2 aromatic carbocycles. The number of ether oxygens (including phenoxy) is 2. The Balaban J connectivity index is 1.85. The second-order valence-electron chi connectivity index (χ2n) is 4.94. The van der Waals surface area contributed by atoms with Gasteiger partial charge >= 0.3 is 5.97 Å². The fraction of sp³-hybridized carbons (Fsp3) is 0.176. The van der Waals surface area contributed by atoms with Crippen molar-refractivity contribution in [2.75, 3.05) is 13.7 Å². The van der Waals surface area contributed by atoms with E-state index in [0.29, 0.717) is 5.56 Å². The molecule has 132 valence electrons. The summed E-state index contributed by atoms with van der Waals surface area (Å²) in [6.45, 7) is -0.502. The maximum absolute atomic E-state index is 13.5. The number of rotatable bonds is 6. The first-order valence-electron chi connectivity index (χ1n) is 7.12. The molecule has 0 radical (unpaired) electrons. The molecule has 8 heteroatoms. The predicted octanol–water partition coefficient (Wildman–Crippen LogP) is 3.10. The van der Waals surface area contributed by atoms with Gasteiger partial charge < -0.3 is 14.8 Å². The van der Waals surface area contributed by atoms with Crippen LogP contribution in [0.25, 0.3) is 0 Å². The highest BCUT2D eigenvalue weighted by Gasteiger charge is 2.13. The SMILES string of the molecule is COc1ccc(C(=O)OCC(=O)NCc2ccc(F)cc2Cl)cc1F. The zero-order chi connectivity index (χ0) is 18.4. The number of nitrogens with one attached hydrogen (secondary N) is 1. The Hall–Kier alpha value is -2.67. The smallest absolute Gasteiger partial charge is 0.338 e. The number of benzene rings is 2. The van der Waals surface area contributed by atoms with Crippen LogP contribution in [0.1, 0.15) is 15.9 Å². The molecule has 0 heterocycles. The number of hydrogen-bond acceptors (Lipinski definition) is 4. The topological polar surface area (TPSA) is 64.6 Å². The molecule has 25 heavy (non-hydrogen) atoms. The van der Waals surface area contributed by atoms with Gasteiger partial charge in [0.25, 0.3) is 5.91 Å². The zero-order valence-corrected chi connectivity index (χ0v) is 13.9. The average molecular weight is 370 g/mol. The molecular weight excluding hydrogens is 356 g/mol. The summed E-state index contributed by atoms with van der Waals surface area (Å²) in [6.07, 6.45) is 0. The van der Waals surface area contributed by atoms with Crippen molar-refractivity contribution < 1.29 is 27.8 Å². The van der Waals surface area contributed by atoms with Gasteiger partial charge in [-0.25, -0.2) is 13.6 Å². The molecule has 0 unspecified atom stereocenters. The molecule has 0 aliphatic heterocycles. The minimum atomic E-state index is -0.850. The van der Waals surface area contributed by atoms with Gasteiger partial charge in [0.1, 0.15) is 5.82 Å². The third kappa shape index (κ3) is 5.15. The van der Waals surface area contributed by atoms with E-state index < -0.39 is 30.1 Å². The van der Waals surface area contributed by atoms with E-state index in [9.17, 15) is 18.4 Å². The van der Waals surface area contributed by atoms with E-state index in [-0.39, 0.29) is 22.9 Å². The van der Waals surface area contributed by atoms with Crippen molar-refractivity contribution in [2.24, 2.45) is 0 Å². The molecule has 0 saturated carbocycles. The Morgan fingerprint density at radius 1 is 1.16 bits per heavy atom. The fourth-order valence-electron chi connectivity index (χ4n) is 1.92. The van der Waals surface area contributed by atoms with Crippen molar-refractivity contribution in [1.29, 1.82) is 0 Å². The van der Waals surface area contributed by atoms with Gasteiger partial charge in [-0.2, -0.15) is 0 Å². The summed E-state index contributed by atoms with van der Waals surface area (Å²) in [5.41, 5.74) is 0.465. The first kappa shape index (κ1) is 18.7. The van der Waals surface area contributed by atoms with Gasteiger partial charge in [0.15, 0.2) is 18.2 Å². The van der Waals surface area contributed by atoms with Crippen molar-refractivity contribution in [3.63, 3.8) is 0 Å². The molecule has 1 amide bonds. The third-order valence-corrected chi connectivity index (χ3v) is 3.56. The number of carbonyl (C=O) groups excluding carboxylic acids is 2. The lowest BCUT2D eigenvalue weighted by Gasteiger charge is -2.08. The van der Waals surface area contributed by atoms with Gasteiger partial charge in [0.2, 0.25) is 0 Å². The summed E-state index contributed by atoms with van der Waals surface area (Å²) in [5.74, 6) is -2.64. The standard InChI is InChI=1S/C17H14ClF2NO4/c1-24-15-5-3-10(6-14(15)20)17(23)25-9-16(22)21-8-11-2-4-12(19)7-13(11)18/h2-7H,8-9H2,1H3,(H,21,22). The van der Waals surface area contributed by atoms with Crippen LogP contribution in [0.2, 0.25) is 5.02 Å². The van der Waals surface area contributed by atoms with Crippen LogP contribution < -0.4 is 10.1 Å². The van der Waals surface area contributed by atoms with Crippen molar-refractivity contribution in [1.82, 2.24) is 5.32 Å². The van der Waals surface area contributed by atoms with E-state index in [0.717, 1.165) is 12.1 Å². The van der Waals surface area contributed by atoms with Gasteiger partial charge in [0.05, 0.1) is 12.7 Å². The summed E-state index contributed by atoms with van der Waals surface area (Å²) in [5, 5.41) is 2.65. The van der Waals surface area contributed by atoms with Crippen LogP contribution in [-0.4, -0.2) is 25.6 Å². The summed E-state index contributed by atoms with van der Waals surface area (Å²) in [4.78, 5) is 23.5. The fourth-order valence-corrected chi connectivity index (χ4v) is 2.15. The minimum Gasteiger partial charge on any atom is -0.494 e. The van der Waals surface area contributed by atoms with E-state index in [1.54, 1.807) is 0 Å². The number of amides is 1. The van der Waals surface area contributed by atoms with E-state index in [4.69, 9.17) is 21.1 Å². The van der Waals surface area contributed by atoms with E-state index >= 15 is 0 Å². The number of carbonyl (C=O) groups is 2. The van der Waals surface area contributed by atoms with Crippen molar-refractivity contribution in [3.8, 4) is 5.75 Å². The van der Waals surface area contributed by atoms with Crippen LogP contribution in [0.3, 0.4) is 0 Å². The highest BCUT2D eigenvalue weighted by molar-refractivity contribution is 6.31. The Morgan fingerprint density at radius 2 is 1.92 bits per heavy atom. The van der Waals surface area contributed by atoms with E-state index in [2.05, 4.69) is 5.32 Å². The van der Waals surface area contributed by atoms with Crippen molar-refractivity contribution >= 4 is 23.5 Å². The molecule has 0 fully saturated rings. The Labute approximate surface area is 147 Å². The Bertz CT molecular complexity index is 798. The van der Waals surface area contributed by atoms with Crippen LogP contribution in [0.15, 0.2) is 36.4 Å². The summed E-state index contributed by atoms with van der Waals surface area (Å²) >= 11 is 5.84. The van der Waals surface area contributed by atoms with Crippen LogP contribution in [0.5, 0.6) is 5.75 Å². The molecule has 0 atom stereocenters. The average Bonchev–Trinajstić information content (AvgIpc) is 2.58. The van der Waals surface area contributed by atoms with Crippen LogP contribution in [0.4, 0.5) is 8.78 Å². The highest BCUT2D eigenvalue weighted by atomic mass is 35.5. The molecule has 0 aromatic heterocycles. The normalized spacial score (nSPS) is 10.2. The summed E-state index contributed by atoms with van der Waals surface area (Å²) < 4.78 is 36.0. The zero-order valence-electron chi connectivity index (χ0n) is 13.1. The lowest BCUT2D eigenvalue weighted by molar-refractivity contribution is -0.124. The number of esters is 1. The lowest BCUT2D eigenvalue weighted by Crippen LogP contribution is -2.28. The maximum Gasteiger partial charge on any atom is 0.338 e. The first-order chi connectivity index (χ1) is 11.9. The van der Waals surface area contributed by atoms with Gasteiger partial charge in [-0.05, 0) is 35.9 Å². The van der Waals surface area contributed by atoms with Gasteiger partial charge in [-0.3, -0.25) is 4.79 Å². The largest absolute Gasteiger partial charge is 0.494 e. The number of hydrogen-bond donors (Lipinski definition) is 1. The van der Waals surface area contributed by atoms with Crippen molar-refractivity contribution in [2.45, 2.75) is 6.54 Å². The molecule has 0 aliphatic carbocycles. The molecular formula is C17H14ClF2NO4. The van der Waals surface area contributed by atoms with E-state index in [1.807, 2.05) is 0 Å². The maximum atomic E-state index is 13.5. The molecule has 2 aromatic rings. The van der Waals surface area contributed by atoms with Crippen LogP contribution in [0, 0.1) is 11.6 Å². The molecule has 0 bridgehead atoms. The molecule has 0 spiro atoms. The number of methoxy groups -OCH3 is 1. The van der Waals surface area contributed by atoms with Gasteiger partial charge in [0, 0.05) is 11.6 Å².